The number of hydrogen-bond donors (Lipinski definition) is 0. The molecule has 0 radical (unpaired) electrons. The minimum atomic E-state index is -0.460. The summed E-state index contributed by atoms with van der Waals surface area (Å²) in [5.41, 5.74) is -0.0124. The second-order valence-corrected chi connectivity index (χ2v) is 7.92. The Labute approximate surface area is 137 Å². The van der Waals surface area contributed by atoms with E-state index in [1.54, 1.807) is 16.9 Å². The number of pyridine rings is 1. The molecule has 0 aromatic carbocycles. The fourth-order valence-electron chi connectivity index (χ4n) is 2.34. The molecule has 118 valence electrons. The first-order valence-corrected chi connectivity index (χ1v) is 9.25. The van der Waals surface area contributed by atoms with Crippen molar-refractivity contribution in [2.45, 2.75) is 41.9 Å². The molecule has 0 unspecified atom stereocenters. The maximum atomic E-state index is 11.1. The summed E-state index contributed by atoms with van der Waals surface area (Å²) in [4.78, 5) is 25.4. The van der Waals surface area contributed by atoms with Gasteiger partial charge in [0.25, 0.3) is 5.69 Å². The maximum Gasteiger partial charge on any atom is 0.287 e. The Hall–Kier alpha value is -1.22. The normalized spacial score (nSPS) is 16.9. The summed E-state index contributed by atoms with van der Waals surface area (Å²) in [6, 6.07) is 3.10. The highest BCUT2D eigenvalue weighted by atomic mass is 33.1. The number of rotatable bonds is 6. The molecule has 1 fully saturated rings. The van der Waals surface area contributed by atoms with Gasteiger partial charge in [-0.1, -0.05) is 30.1 Å². The van der Waals surface area contributed by atoms with Crippen molar-refractivity contribution in [1.82, 2.24) is 4.98 Å². The van der Waals surface area contributed by atoms with E-state index < -0.39 is 4.92 Å². The van der Waals surface area contributed by atoms with E-state index in [0.29, 0.717) is 6.61 Å². The summed E-state index contributed by atoms with van der Waals surface area (Å²) < 4.78 is 5.16. The van der Waals surface area contributed by atoms with Crippen LogP contribution < -0.4 is 0 Å². The molecule has 9 heteroatoms. The Morgan fingerprint density at radius 2 is 2.14 bits per heavy atom. The SMILES string of the molecule is BC(=O)OCC1(SSc2ccc([N+](=O)[O-])cn2)CCCCC1. The molecule has 22 heavy (non-hydrogen) atoms. The predicted octanol–water partition coefficient (Wildman–Crippen LogP) is 3.20. The Morgan fingerprint density at radius 3 is 2.68 bits per heavy atom. The van der Waals surface area contributed by atoms with Crippen molar-refractivity contribution in [3.05, 3.63) is 28.4 Å². The molecule has 0 N–H and O–H groups in total. The Balaban J connectivity index is 1.98. The van der Waals surface area contributed by atoms with Crippen LogP contribution >= 0.6 is 21.6 Å². The van der Waals surface area contributed by atoms with Gasteiger partial charge in [0.2, 0.25) is 13.7 Å². The number of nitro groups is 1. The van der Waals surface area contributed by atoms with E-state index in [2.05, 4.69) is 4.98 Å². The quantitative estimate of drug-likeness (QED) is 0.340. The zero-order chi connectivity index (χ0) is 16.0. The number of nitrogens with zero attached hydrogens (tertiary/aromatic N) is 2. The van der Waals surface area contributed by atoms with Crippen LogP contribution in [0.1, 0.15) is 32.1 Å². The lowest BCUT2D eigenvalue weighted by molar-refractivity contribution is -0.385. The summed E-state index contributed by atoms with van der Waals surface area (Å²) >= 11 is 0. The minimum absolute atomic E-state index is 0.0124. The average Bonchev–Trinajstić information content (AvgIpc) is 2.52. The van der Waals surface area contributed by atoms with Gasteiger partial charge in [0.05, 0.1) is 9.67 Å². The predicted molar refractivity (Wildman–Crippen MR) is 90.0 cm³/mol. The summed E-state index contributed by atoms with van der Waals surface area (Å²) in [6.07, 6.45) is 6.74. The van der Waals surface area contributed by atoms with Crippen molar-refractivity contribution < 1.29 is 14.5 Å². The summed E-state index contributed by atoms with van der Waals surface area (Å²) in [7, 11) is 4.57. The molecule has 0 atom stereocenters. The first-order chi connectivity index (χ1) is 10.5. The molecule has 0 saturated heterocycles. The van der Waals surface area contributed by atoms with Crippen LogP contribution in [0.2, 0.25) is 0 Å². The molecule has 1 saturated carbocycles. The van der Waals surface area contributed by atoms with Crippen LogP contribution in [-0.2, 0) is 4.74 Å². The number of aromatic nitrogens is 1. The summed E-state index contributed by atoms with van der Waals surface area (Å²) in [5.74, 6) is -0.260. The lowest BCUT2D eigenvalue weighted by Crippen LogP contribution is -2.33. The van der Waals surface area contributed by atoms with Gasteiger partial charge in [-0.05, 0) is 29.7 Å². The number of hydrogen-bond acceptors (Lipinski definition) is 7. The van der Waals surface area contributed by atoms with Crippen molar-refractivity contribution in [1.29, 1.82) is 0 Å². The smallest absolute Gasteiger partial charge is 0.287 e. The van der Waals surface area contributed by atoms with Crippen LogP contribution in [0, 0.1) is 10.1 Å². The van der Waals surface area contributed by atoms with Gasteiger partial charge in [0.15, 0.2) is 0 Å². The first-order valence-electron chi connectivity index (χ1n) is 7.10. The molecule has 0 bridgehead atoms. The largest absolute Gasteiger partial charge is 0.473 e. The van der Waals surface area contributed by atoms with E-state index in [4.69, 9.17) is 4.74 Å². The van der Waals surface area contributed by atoms with Gasteiger partial charge in [-0.15, -0.1) is 0 Å². The summed E-state index contributed by atoms with van der Waals surface area (Å²) in [5, 5.41) is 11.3. The van der Waals surface area contributed by atoms with Crippen molar-refractivity contribution in [3.63, 3.8) is 0 Å². The topological polar surface area (TPSA) is 82.3 Å². The third-order valence-electron chi connectivity index (χ3n) is 3.54. The van der Waals surface area contributed by atoms with Crippen LogP contribution in [0.3, 0.4) is 0 Å². The molecular formula is C13H17BN2O4S2. The lowest BCUT2D eigenvalue weighted by Gasteiger charge is -2.35. The molecule has 1 aliphatic rings. The van der Waals surface area contributed by atoms with E-state index in [1.807, 2.05) is 0 Å². The molecule has 0 spiro atoms. The van der Waals surface area contributed by atoms with Crippen LogP contribution in [0.15, 0.2) is 23.4 Å². The van der Waals surface area contributed by atoms with Crippen molar-refractivity contribution in [2.24, 2.45) is 0 Å². The molecule has 2 rings (SSSR count). The first kappa shape index (κ1) is 17.1. The monoisotopic (exact) mass is 340 g/mol. The van der Waals surface area contributed by atoms with E-state index >= 15 is 0 Å². The molecule has 6 nitrogen and oxygen atoms in total. The van der Waals surface area contributed by atoms with E-state index in [1.165, 1.54) is 37.3 Å². The molecule has 1 aliphatic carbocycles. The highest BCUT2D eigenvalue weighted by Crippen LogP contribution is 2.48. The molecular weight excluding hydrogens is 323 g/mol. The molecule has 0 amide bonds. The van der Waals surface area contributed by atoms with Crippen molar-refractivity contribution in [2.75, 3.05) is 6.61 Å². The van der Waals surface area contributed by atoms with Gasteiger partial charge in [0, 0.05) is 6.07 Å². The van der Waals surface area contributed by atoms with E-state index in [0.717, 1.165) is 30.7 Å². The fourth-order valence-corrected chi connectivity index (χ4v) is 5.11. The number of carbonyl (C=O) groups is 1. The van der Waals surface area contributed by atoms with Crippen molar-refractivity contribution in [3.8, 4) is 0 Å². The maximum absolute atomic E-state index is 11.1. The van der Waals surface area contributed by atoms with Gasteiger partial charge >= 0.3 is 0 Å². The van der Waals surface area contributed by atoms with E-state index in [-0.39, 0.29) is 16.3 Å². The Morgan fingerprint density at radius 1 is 1.41 bits per heavy atom. The second kappa shape index (κ2) is 7.87. The molecule has 1 aromatic heterocycles. The Bertz CT molecular complexity index is 535. The fraction of sp³-hybridized carbons (Fsp3) is 0.538. The summed E-state index contributed by atoms with van der Waals surface area (Å²) in [6.45, 7) is 0.410. The highest BCUT2D eigenvalue weighted by Gasteiger charge is 2.34. The second-order valence-electron chi connectivity index (χ2n) is 5.30. The standard InChI is InChI=1S/C13H17BN2O4S2/c14-12(17)20-9-13(6-2-1-3-7-13)22-21-11-5-4-10(8-15-11)16(18)19/h4-5,8H,1-3,6-7,9,14H2. The van der Waals surface area contributed by atoms with Gasteiger partial charge in [-0.25, -0.2) is 4.98 Å². The van der Waals surface area contributed by atoms with Crippen molar-refractivity contribution >= 4 is 41.0 Å². The minimum Gasteiger partial charge on any atom is -0.473 e. The Kier molecular flexibility index (Phi) is 6.13. The zero-order valence-electron chi connectivity index (χ0n) is 12.3. The average molecular weight is 340 g/mol. The number of ether oxygens (including phenoxy) is 1. The third kappa shape index (κ3) is 4.91. The molecule has 1 aromatic rings. The zero-order valence-corrected chi connectivity index (χ0v) is 14.0. The molecule has 1 heterocycles. The highest BCUT2D eigenvalue weighted by molar-refractivity contribution is 8.77. The van der Waals surface area contributed by atoms with Gasteiger partial charge in [-0.2, -0.15) is 0 Å². The van der Waals surface area contributed by atoms with Gasteiger partial charge in [0.1, 0.15) is 17.8 Å². The third-order valence-corrected chi connectivity index (χ3v) is 6.74. The number of carbonyl (C=O) groups excluding carboxylic acids is 1. The van der Waals surface area contributed by atoms with E-state index in [9.17, 15) is 14.9 Å². The van der Waals surface area contributed by atoms with Gasteiger partial charge < -0.3 is 4.74 Å². The van der Waals surface area contributed by atoms with Crippen LogP contribution in [0.4, 0.5) is 10.5 Å². The van der Waals surface area contributed by atoms with Crippen LogP contribution in [0.25, 0.3) is 0 Å². The molecule has 0 aliphatic heterocycles. The van der Waals surface area contributed by atoms with Crippen LogP contribution in [-0.4, -0.2) is 35.0 Å². The van der Waals surface area contributed by atoms with Crippen LogP contribution in [0.5, 0.6) is 0 Å². The van der Waals surface area contributed by atoms with Gasteiger partial charge in [-0.3, -0.25) is 14.9 Å². The lowest BCUT2D eigenvalue weighted by atomic mass is 9.89.